The summed E-state index contributed by atoms with van der Waals surface area (Å²) in [5.74, 6) is -0.310. The number of barbiturate groups is 1. The number of furan rings is 1. The zero-order chi connectivity index (χ0) is 24.7. The minimum Gasteiger partial charge on any atom is -0.496 e. The van der Waals surface area contributed by atoms with Crippen molar-refractivity contribution in [1.82, 2.24) is 5.32 Å². The number of non-ortho nitro benzene ring substituents is 1. The number of fused-ring (bicyclic) bond motifs is 1. The highest BCUT2D eigenvalue weighted by Gasteiger charge is 2.37. The Morgan fingerprint density at radius 1 is 1.06 bits per heavy atom. The smallest absolute Gasteiger partial charge is 0.335 e. The number of nitro groups is 1. The average Bonchev–Trinajstić information content (AvgIpc) is 3.50. The third-order valence-corrected chi connectivity index (χ3v) is 5.29. The number of nitrogens with one attached hydrogen (secondary N) is 1. The van der Waals surface area contributed by atoms with Gasteiger partial charge in [0.15, 0.2) is 11.5 Å². The minimum atomic E-state index is -0.919. The molecule has 0 spiro atoms. The average molecular weight is 477 g/mol. The van der Waals surface area contributed by atoms with E-state index in [4.69, 9.17) is 18.6 Å². The largest absolute Gasteiger partial charge is 0.496 e. The van der Waals surface area contributed by atoms with E-state index in [9.17, 15) is 24.5 Å². The van der Waals surface area contributed by atoms with E-state index in [1.807, 2.05) is 0 Å². The van der Waals surface area contributed by atoms with Crippen molar-refractivity contribution in [2.24, 2.45) is 0 Å². The van der Waals surface area contributed by atoms with Crippen LogP contribution in [-0.2, 0) is 9.59 Å². The summed E-state index contributed by atoms with van der Waals surface area (Å²) >= 11 is 0. The first kappa shape index (κ1) is 21.7. The zero-order valence-electron chi connectivity index (χ0n) is 18.0. The molecule has 2 aromatic carbocycles. The van der Waals surface area contributed by atoms with Crippen LogP contribution in [0.15, 0.2) is 58.5 Å². The normalized spacial score (nSPS) is 16.0. The van der Waals surface area contributed by atoms with Crippen LogP contribution in [0.25, 0.3) is 17.4 Å². The Hall–Kier alpha value is -5.13. The summed E-state index contributed by atoms with van der Waals surface area (Å²) in [6, 6.07) is 10.6. The van der Waals surface area contributed by atoms with Gasteiger partial charge >= 0.3 is 6.03 Å². The van der Waals surface area contributed by atoms with Crippen LogP contribution in [0.3, 0.4) is 0 Å². The number of ether oxygens (including phenoxy) is 3. The van der Waals surface area contributed by atoms with Crippen LogP contribution in [0.1, 0.15) is 5.76 Å². The molecule has 0 saturated carbocycles. The van der Waals surface area contributed by atoms with Crippen molar-refractivity contribution in [3.8, 4) is 28.6 Å². The van der Waals surface area contributed by atoms with Crippen LogP contribution < -0.4 is 24.4 Å². The predicted octanol–water partition coefficient (Wildman–Crippen LogP) is 3.26. The first-order chi connectivity index (χ1) is 16.9. The summed E-state index contributed by atoms with van der Waals surface area (Å²) in [5, 5.41) is 13.3. The number of hydrogen-bond donors (Lipinski definition) is 1. The Balaban J connectivity index is 1.49. The van der Waals surface area contributed by atoms with Crippen molar-refractivity contribution in [3.05, 3.63) is 70.0 Å². The first-order valence-corrected chi connectivity index (χ1v) is 10.1. The van der Waals surface area contributed by atoms with E-state index < -0.39 is 22.8 Å². The van der Waals surface area contributed by atoms with Gasteiger partial charge in [0.05, 0.1) is 23.3 Å². The minimum absolute atomic E-state index is 0.0127. The maximum Gasteiger partial charge on any atom is 0.335 e. The van der Waals surface area contributed by atoms with E-state index in [0.717, 1.165) is 4.90 Å². The van der Waals surface area contributed by atoms with E-state index in [1.165, 1.54) is 55.7 Å². The van der Waals surface area contributed by atoms with Gasteiger partial charge in [-0.1, -0.05) is 0 Å². The molecule has 0 radical (unpaired) electrons. The zero-order valence-corrected chi connectivity index (χ0v) is 18.0. The van der Waals surface area contributed by atoms with Crippen LogP contribution in [-0.4, -0.2) is 36.7 Å². The van der Waals surface area contributed by atoms with Gasteiger partial charge < -0.3 is 18.6 Å². The number of nitro benzene ring substituents is 1. The summed E-state index contributed by atoms with van der Waals surface area (Å²) in [7, 11) is 1.41. The Bertz CT molecular complexity index is 1440. The van der Waals surface area contributed by atoms with E-state index in [2.05, 4.69) is 5.32 Å². The molecule has 1 aromatic heterocycles. The number of hydrogen-bond acceptors (Lipinski definition) is 9. The summed E-state index contributed by atoms with van der Waals surface area (Å²) in [6.45, 7) is 0.0127. The molecular formula is C23H15N3O9. The maximum absolute atomic E-state index is 13.1. The molecule has 1 saturated heterocycles. The Morgan fingerprint density at radius 3 is 2.63 bits per heavy atom. The number of rotatable bonds is 5. The van der Waals surface area contributed by atoms with Gasteiger partial charge in [0.2, 0.25) is 6.79 Å². The number of benzene rings is 2. The molecule has 0 atom stereocenters. The third-order valence-electron chi connectivity index (χ3n) is 5.29. The Morgan fingerprint density at radius 2 is 1.86 bits per heavy atom. The standard InChI is InChI=1S/C23H15N3O9/c1-32-17-5-3-13(26(30)31)8-15(17)18-7-4-14(35-18)10-16-21(27)24-23(29)25(22(16)28)12-2-6-19-20(9-12)34-11-33-19/h2-10H,11H2,1H3,(H,24,27,29)/b16-10+. The van der Waals surface area contributed by atoms with Gasteiger partial charge in [-0.05, 0) is 36.4 Å². The van der Waals surface area contributed by atoms with Crippen molar-refractivity contribution >= 4 is 35.3 Å². The molecule has 0 unspecified atom stereocenters. The number of carbonyl (C=O) groups is 3. The summed E-state index contributed by atoms with van der Waals surface area (Å²) < 4.78 is 21.5. The maximum atomic E-state index is 13.1. The van der Waals surface area contributed by atoms with Crippen LogP contribution in [0.2, 0.25) is 0 Å². The van der Waals surface area contributed by atoms with Crippen LogP contribution in [0.5, 0.6) is 17.2 Å². The van der Waals surface area contributed by atoms with E-state index in [0.29, 0.717) is 22.8 Å². The van der Waals surface area contributed by atoms with Gasteiger partial charge in [-0.15, -0.1) is 0 Å². The molecule has 1 fully saturated rings. The van der Waals surface area contributed by atoms with Crippen molar-refractivity contribution in [1.29, 1.82) is 0 Å². The Labute approximate surface area is 196 Å². The van der Waals surface area contributed by atoms with Gasteiger partial charge in [-0.2, -0.15) is 0 Å². The molecule has 1 N–H and O–H groups in total. The molecule has 0 bridgehead atoms. The fraction of sp³-hybridized carbons (Fsp3) is 0.0870. The SMILES string of the molecule is COc1ccc([N+](=O)[O-])cc1-c1ccc(/C=C2\C(=O)NC(=O)N(c3ccc4c(c3)OCO4)C2=O)o1. The monoisotopic (exact) mass is 477 g/mol. The molecule has 0 aliphatic carbocycles. The molecule has 3 aromatic rings. The lowest BCUT2D eigenvalue weighted by atomic mass is 10.1. The first-order valence-electron chi connectivity index (χ1n) is 10.1. The molecule has 4 amide bonds. The second-order valence-electron chi connectivity index (χ2n) is 7.34. The number of imide groups is 2. The number of urea groups is 1. The summed E-state index contributed by atoms with van der Waals surface area (Å²) in [6.07, 6.45) is 1.18. The highest BCUT2D eigenvalue weighted by atomic mass is 16.7. The van der Waals surface area contributed by atoms with Crippen LogP contribution in [0, 0.1) is 10.1 Å². The van der Waals surface area contributed by atoms with E-state index in [-0.39, 0.29) is 35.3 Å². The lowest BCUT2D eigenvalue weighted by Gasteiger charge is -2.26. The fourth-order valence-electron chi connectivity index (χ4n) is 3.64. The topological polar surface area (TPSA) is 150 Å². The number of methoxy groups -OCH3 is 1. The molecule has 35 heavy (non-hydrogen) atoms. The molecular weight excluding hydrogens is 462 g/mol. The molecule has 2 aliphatic rings. The summed E-state index contributed by atoms with van der Waals surface area (Å²) in [5.41, 5.74) is -0.0365. The van der Waals surface area contributed by atoms with Crippen molar-refractivity contribution in [3.63, 3.8) is 0 Å². The number of amides is 4. The molecule has 12 nitrogen and oxygen atoms in total. The highest BCUT2D eigenvalue weighted by Crippen LogP contribution is 2.37. The van der Waals surface area contributed by atoms with Crippen molar-refractivity contribution in [2.75, 3.05) is 18.8 Å². The number of anilines is 1. The van der Waals surface area contributed by atoms with E-state index >= 15 is 0 Å². The van der Waals surface area contributed by atoms with Gasteiger partial charge in [-0.3, -0.25) is 25.0 Å². The van der Waals surface area contributed by atoms with Crippen molar-refractivity contribution in [2.45, 2.75) is 0 Å². The Kier molecular flexibility index (Phi) is 5.17. The lowest BCUT2D eigenvalue weighted by molar-refractivity contribution is -0.384. The summed E-state index contributed by atoms with van der Waals surface area (Å²) in [4.78, 5) is 49.4. The third kappa shape index (κ3) is 3.82. The second-order valence-corrected chi connectivity index (χ2v) is 7.34. The van der Waals surface area contributed by atoms with Gasteiger partial charge in [-0.25, -0.2) is 9.69 Å². The second kappa shape index (κ2) is 8.33. The van der Waals surface area contributed by atoms with Crippen LogP contribution in [0.4, 0.5) is 16.2 Å². The van der Waals surface area contributed by atoms with E-state index in [1.54, 1.807) is 6.07 Å². The lowest BCUT2D eigenvalue weighted by Crippen LogP contribution is -2.54. The molecule has 2 aliphatic heterocycles. The van der Waals surface area contributed by atoms with Gasteiger partial charge in [0.25, 0.3) is 17.5 Å². The molecule has 3 heterocycles. The quantitative estimate of drug-likeness (QED) is 0.253. The predicted molar refractivity (Wildman–Crippen MR) is 119 cm³/mol. The number of carbonyl (C=O) groups excluding carboxylic acids is 3. The highest BCUT2D eigenvalue weighted by molar-refractivity contribution is 6.39. The molecule has 5 rings (SSSR count). The van der Waals surface area contributed by atoms with Gasteiger partial charge in [0, 0.05) is 18.2 Å². The van der Waals surface area contributed by atoms with Gasteiger partial charge in [0.1, 0.15) is 22.8 Å². The molecule has 176 valence electrons. The fourth-order valence-corrected chi connectivity index (χ4v) is 3.64. The number of nitrogens with zero attached hydrogens (tertiary/aromatic N) is 2. The molecule has 12 heteroatoms. The van der Waals surface area contributed by atoms with Crippen LogP contribution >= 0.6 is 0 Å². The van der Waals surface area contributed by atoms with Crippen molar-refractivity contribution < 1.29 is 37.9 Å².